The Morgan fingerprint density at radius 3 is 1.31 bits per heavy atom. The van der Waals surface area contributed by atoms with Crippen LogP contribution in [0.5, 0.6) is 0 Å². The van der Waals surface area contributed by atoms with Crippen molar-refractivity contribution in [3.63, 3.8) is 0 Å². The summed E-state index contributed by atoms with van der Waals surface area (Å²) in [5.74, 6) is 0. The van der Waals surface area contributed by atoms with Crippen LogP contribution in [0, 0.1) is 0 Å². The number of quaternary nitrogens is 1. The quantitative estimate of drug-likeness (QED) is 0.361. The highest BCUT2D eigenvalue weighted by Gasteiger charge is 2.45. The number of amides is 1. The summed E-state index contributed by atoms with van der Waals surface area (Å²) in [6.45, 7) is 3.49. The van der Waals surface area contributed by atoms with Crippen LogP contribution in [0.1, 0.15) is 20.8 Å². The van der Waals surface area contributed by atoms with E-state index in [0.29, 0.717) is 0 Å². The Morgan fingerprint density at radius 2 is 1.31 bits per heavy atom. The fourth-order valence-corrected chi connectivity index (χ4v) is 1.39. The minimum absolute atomic E-state index is 1.16. The lowest BCUT2D eigenvalue weighted by atomic mass is 10.3. The molecule has 0 rings (SSSR count). The van der Waals surface area contributed by atoms with E-state index >= 15 is 0 Å². The average molecular weight is 193 g/mol. The normalized spacial score (nSPS) is 22.9. The number of nitrogens with zero attached hydrogens (tertiary/aromatic N) is 1. The monoisotopic (exact) mass is 193 g/mol. The highest BCUT2D eigenvalue weighted by atomic mass is 16.5. The molecule has 3 atom stereocenters. The minimum Gasteiger partial charge on any atom is -0.498 e. The fraction of sp³-hybridized carbons (Fsp3) is 0.857. The van der Waals surface area contributed by atoms with Crippen LogP contribution in [0.3, 0.4) is 0 Å². The molecule has 0 saturated heterocycles. The van der Waals surface area contributed by atoms with Gasteiger partial charge in [0.25, 0.3) is 6.09 Å². The molecule has 0 bridgehead atoms. The average Bonchev–Trinajstić information content (AvgIpc) is 1.82. The van der Waals surface area contributed by atoms with E-state index in [1.165, 1.54) is 0 Å². The lowest BCUT2D eigenvalue weighted by molar-refractivity contribution is -0.992. The largest absolute Gasteiger partial charge is 0.498 e. The van der Waals surface area contributed by atoms with E-state index < -0.39 is 29.3 Å². The summed E-state index contributed by atoms with van der Waals surface area (Å²) in [6.07, 6.45) is -6.08. The molecule has 1 amide bonds. The molecule has 6 heteroatoms. The van der Waals surface area contributed by atoms with E-state index in [2.05, 4.69) is 0 Å². The molecule has 13 heavy (non-hydrogen) atoms. The first-order valence-corrected chi connectivity index (χ1v) is 3.91. The van der Waals surface area contributed by atoms with Crippen LogP contribution in [0.2, 0.25) is 0 Å². The Labute approximate surface area is 76.2 Å². The Balaban J connectivity index is 5.19. The Morgan fingerprint density at radius 1 is 1.08 bits per heavy atom. The molecule has 78 valence electrons. The maximum atomic E-state index is 10.7. The second kappa shape index (κ2) is 4.01. The number of aliphatic hydroxyl groups excluding tert-OH is 3. The Hall–Kier alpha value is -0.690. The molecule has 3 unspecified atom stereocenters. The van der Waals surface area contributed by atoms with Crippen LogP contribution >= 0.6 is 0 Å². The van der Waals surface area contributed by atoms with Gasteiger partial charge in [-0.15, -0.1) is 0 Å². The number of aliphatic hydroxyl groups is 3. The van der Waals surface area contributed by atoms with E-state index in [9.17, 15) is 25.2 Å². The summed E-state index contributed by atoms with van der Waals surface area (Å²) in [7, 11) is 0. The second-order valence-corrected chi connectivity index (χ2v) is 3.00. The van der Waals surface area contributed by atoms with Crippen molar-refractivity contribution < 1.29 is 29.7 Å². The zero-order chi connectivity index (χ0) is 10.8. The van der Waals surface area contributed by atoms with Crippen molar-refractivity contribution in [2.24, 2.45) is 0 Å². The van der Waals surface area contributed by atoms with Crippen LogP contribution in [-0.2, 0) is 0 Å². The molecule has 0 saturated carbocycles. The van der Waals surface area contributed by atoms with Crippen LogP contribution < -0.4 is 5.11 Å². The SMILES string of the molecule is CC(O)[N+](C(=O)[O-])(C(C)O)C(C)O. The smallest absolute Gasteiger partial charge is 0.263 e. The summed E-state index contributed by atoms with van der Waals surface area (Å²) < 4.78 is -1.31. The molecule has 0 aromatic rings. The number of rotatable bonds is 3. The zero-order valence-electron chi connectivity index (χ0n) is 7.84. The first-order chi connectivity index (χ1) is 5.77. The topological polar surface area (TPSA) is 101 Å². The molecule has 0 aromatic carbocycles. The number of carbonyl (C=O) groups is 1. The second-order valence-electron chi connectivity index (χ2n) is 3.00. The van der Waals surface area contributed by atoms with Gasteiger partial charge in [0, 0.05) is 20.8 Å². The molecule has 0 aliphatic heterocycles. The third-order valence-corrected chi connectivity index (χ3v) is 2.17. The molecular weight excluding hydrogens is 178 g/mol. The molecule has 0 radical (unpaired) electrons. The third kappa shape index (κ3) is 1.80. The van der Waals surface area contributed by atoms with Crippen LogP contribution in [0.25, 0.3) is 0 Å². The molecule has 0 aliphatic rings. The predicted molar refractivity (Wildman–Crippen MR) is 40.7 cm³/mol. The van der Waals surface area contributed by atoms with Crippen LogP contribution in [0.15, 0.2) is 0 Å². The summed E-state index contributed by atoms with van der Waals surface area (Å²) in [5, 5.41) is 38.3. The predicted octanol–water partition coefficient (Wildman–Crippen LogP) is -1.84. The van der Waals surface area contributed by atoms with Crippen molar-refractivity contribution in [2.45, 2.75) is 39.5 Å². The van der Waals surface area contributed by atoms with E-state index in [-0.39, 0.29) is 0 Å². The van der Waals surface area contributed by atoms with Crippen molar-refractivity contribution in [2.75, 3.05) is 0 Å². The maximum absolute atomic E-state index is 10.7. The number of carbonyl (C=O) groups excluding carboxylic acids is 1. The highest BCUT2D eigenvalue weighted by Crippen LogP contribution is 2.20. The van der Waals surface area contributed by atoms with Crippen molar-refractivity contribution in [1.82, 2.24) is 0 Å². The zero-order valence-corrected chi connectivity index (χ0v) is 7.84. The lowest BCUT2D eigenvalue weighted by Crippen LogP contribution is -2.71. The number of carboxylic acid groups (broad SMARTS) is 1. The molecule has 6 nitrogen and oxygen atoms in total. The summed E-state index contributed by atoms with van der Waals surface area (Å²) in [6, 6.07) is 0. The van der Waals surface area contributed by atoms with Gasteiger partial charge in [-0.3, -0.25) is 0 Å². The Kier molecular flexibility index (Phi) is 3.80. The molecule has 0 fully saturated rings. The van der Waals surface area contributed by atoms with Gasteiger partial charge in [-0.05, 0) is 0 Å². The van der Waals surface area contributed by atoms with Gasteiger partial charge < -0.3 is 25.2 Å². The van der Waals surface area contributed by atoms with Gasteiger partial charge in [-0.2, -0.15) is 0 Å². The van der Waals surface area contributed by atoms with Crippen molar-refractivity contribution in [3.8, 4) is 0 Å². The molecule has 0 aromatic heterocycles. The van der Waals surface area contributed by atoms with Crippen molar-refractivity contribution in [1.29, 1.82) is 0 Å². The molecule has 0 heterocycles. The summed E-state index contributed by atoms with van der Waals surface area (Å²) >= 11 is 0. The summed E-state index contributed by atoms with van der Waals surface area (Å²) in [4.78, 5) is 10.7. The Bertz CT molecular complexity index is 168. The van der Waals surface area contributed by atoms with Gasteiger partial charge in [0.2, 0.25) is 0 Å². The minimum atomic E-state index is -1.72. The molecule has 0 spiro atoms. The highest BCUT2D eigenvalue weighted by molar-refractivity contribution is 5.54. The van der Waals surface area contributed by atoms with Gasteiger partial charge in [0.05, 0.1) is 0 Å². The van der Waals surface area contributed by atoms with Gasteiger partial charge in [0.15, 0.2) is 18.7 Å². The van der Waals surface area contributed by atoms with Gasteiger partial charge in [0.1, 0.15) is 0 Å². The first kappa shape index (κ1) is 12.3. The van der Waals surface area contributed by atoms with Gasteiger partial charge >= 0.3 is 0 Å². The third-order valence-electron chi connectivity index (χ3n) is 2.17. The summed E-state index contributed by atoms with van der Waals surface area (Å²) in [5.41, 5.74) is 0. The van der Waals surface area contributed by atoms with Crippen LogP contribution in [-0.4, -0.2) is 44.6 Å². The van der Waals surface area contributed by atoms with Gasteiger partial charge in [-0.1, -0.05) is 0 Å². The molecular formula is C7H15NO5. The van der Waals surface area contributed by atoms with Gasteiger partial charge in [-0.25, -0.2) is 4.48 Å². The lowest BCUT2D eigenvalue weighted by Gasteiger charge is -2.43. The number of hydrogen-bond donors (Lipinski definition) is 3. The molecule has 3 N–H and O–H groups in total. The van der Waals surface area contributed by atoms with E-state index in [1.54, 1.807) is 0 Å². The first-order valence-electron chi connectivity index (χ1n) is 3.91. The number of hydrogen-bond acceptors (Lipinski definition) is 5. The van der Waals surface area contributed by atoms with Crippen molar-refractivity contribution in [3.05, 3.63) is 0 Å². The van der Waals surface area contributed by atoms with E-state index in [0.717, 1.165) is 20.8 Å². The van der Waals surface area contributed by atoms with Crippen molar-refractivity contribution >= 4 is 6.09 Å². The maximum Gasteiger partial charge on any atom is 0.263 e. The van der Waals surface area contributed by atoms with E-state index in [1.807, 2.05) is 0 Å². The standard InChI is InChI=1S/C7H15NO5/c1-4(9)8(5(2)10,6(3)11)7(12)13/h4-6,9-11H,1-3H3. The van der Waals surface area contributed by atoms with E-state index in [4.69, 9.17) is 0 Å². The fourth-order valence-electron chi connectivity index (χ4n) is 1.39. The van der Waals surface area contributed by atoms with Crippen LogP contribution in [0.4, 0.5) is 4.79 Å². The molecule has 0 aliphatic carbocycles.